The van der Waals surface area contributed by atoms with E-state index in [-0.39, 0.29) is 0 Å². The molecule has 0 aliphatic carbocycles. The Kier molecular flexibility index (Phi) is 4.63. The van der Waals surface area contributed by atoms with Crippen LogP contribution in [0.15, 0.2) is 28.7 Å². The maximum absolute atomic E-state index is 3.50. The summed E-state index contributed by atoms with van der Waals surface area (Å²) in [6.45, 7) is 7.71. The Hall–Kier alpha value is -0.340. The van der Waals surface area contributed by atoms with Crippen molar-refractivity contribution in [2.45, 2.75) is 26.8 Å². The van der Waals surface area contributed by atoms with Gasteiger partial charge in [0.2, 0.25) is 0 Å². The van der Waals surface area contributed by atoms with Crippen molar-refractivity contribution in [1.29, 1.82) is 0 Å². The molecule has 78 valence electrons. The second-order valence-corrected chi connectivity index (χ2v) is 4.99. The zero-order chi connectivity index (χ0) is 10.6. The number of hydrogen-bond donors (Lipinski definition) is 1. The molecule has 2 heteroatoms. The standard InChI is InChI=1S/C12H18BrN/c1-9(2)8-14-10(3)11-4-6-12(13)7-5-11/h4-7,9-10,14H,8H2,1-3H3. The molecule has 0 spiro atoms. The molecule has 1 aromatic carbocycles. The first-order valence-electron chi connectivity index (χ1n) is 5.08. The van der Waals surface area contributed by atoms with Crippen LogP contribution in [0.5, 0.6) is 0 Å². The van der Waals surface area contributed by atoms with Gasteiger partial charge < -0.3 is 5.32 Å². The number of hydrogen-bond acceptors (Lipinski definition) is 1. The zero-order valence-corrected chi connectivity index (χ0v) is 10.6. The molecule has 1 aromatic rings. The number of rotatable bonds is 4. The fraction of sp³-hybridized carbons (Fsp3) is 0.500. The van der Waals surface area contributed by atoms with Crippen molar-refractivity contribution in [3.8, 4) is 0 Å². The lowest BCUT2D eigenvalue weighted by Crippen LogP contribution is -2.23. The molecule has 0 amide bonds. The van der Waals surface area contributed by atoms with Gasteiger partial charge in [0, 0.05) is 10.5 Å². The molecule has 1 nitrogen and oxygen atoms in total. The molecule has 0 saturated carbocycles. The fourth-order valence-electron chi connectivity index (χ4n) is 1.28. The summed E-state index contributed by atoms with van der Waals surface area (Å²) in [5, 5.41) is 3.50. The quantitative estimate of drug-likeness (QED) is 0.864. The van der Waals surface area contributed by atoms with Crippen molar-refractivity contribution in [2.24, 2.45) is 5.92 Å². The van der Waals surface area contributed by atoms with Crippen LogP contribution < -0.4 is 5.32 Å². The Morgan fingerprint density at radius 2 is 1.71 bits per heavy atom. The van der Waals surface area contributed by atoms with Gasteiger partial charge in [-0.2, -0.15) is 0 Å². The molecule has 1 rings (SSSR count). The van der Waals surface area contributed by atoms with Crippen LogP contribution in [0.25, 0.3) is 0 Å². The third-order valence-corrected chi connectivity index (χ3v) is 2.73. The van der Waals surface area contributed by atoms with E-state index in [0.29, 0.717) is 12.0 Å². The van der Waals surface area contributed by atoms with Gasteiger partial charge in [-0.25, -0.2) is 0 Å². The third kappa shape index (κ3) is 3.81. The van der Waals surface area contributed by atoms with Crippen LogP contribution in [0, 0.1) is 5.92 Å². The van der Waals surface area contributed by atoms with Crippen molar-refractivity contribution in [1.82, 2.24) is 5.32 Å². The minimum Gasteiger partial charge on any atom is -0.310 e. The molecular formula is C12H18BrN. The second kappa shape index (κ2) is 5.52. The van der Waals surface area contributed by atoms with Crippen LogP contribution >= 0.6 is 15.9 Å². The number of nitrogens with one attached hydrogen (secondary N) is 1. The van der Waals surface area contributed by atoms with Gasteiger partial charge in [-0.3, -0.25) is 0 Å². The summed E-state index contributed by atoms with van der Waals surface area (Å²) in [6, 6.07) is 8.92. The highest BCUT2D eigenvalue weighted by molar-refractivity contribution is 9.10. The highest BCUT2D eigenvalue weighted by Crippen LogP contribution is 2.16. The average molecular weight is 256 g/mol. The van der Waals surface area contributed by atoms with Gasteiger partial charge in [0.1, 0.15) is 0 Å². The Balaban J connectivity index is 2.52. The van der Waals surface area contributed by atoms with Crippen molar-refractivity contribution >= 4 is 15.9 Å². The van der Waals surface area contributed by atoms with Crippen LogP contribution in [0.1, 0.15) is 32.4 Å². The Bertz CT molecular complexity index is 266. The fourth-order valence-corrected chi connectivity index (χ4v) is 1.55. The topological polar surface area (TPSA) is 12.0 Å². The molecule has 0 radical (unpaired) electrons. The van der Waals surface area contributed by atoms with E-state index >= 15 is 0 Å². The van der Waals surface area contributed by atoms with E-state index in [9.17, 15) is 0 Å². The predicted molar refractivity (Wildman–Crippen MR) is 65.4 cm³/mol. The van der Waals surface area contributed by atoms with Crippen LogP contribution in [0.4, 0.5) is 0 Å². The van der Waals surface area contributed by atoms with Gasteiger partial charge in [-0.05, 0) is 37.1 Å². The number of benzene rings is 1. The minimum absolute atomic E-state index is 0.436. The van der Waals surface area contributed by atoms with Crippen LogP contribution in [0.2, 0.25) is 0 Å². The van der Waals surface area contributed by atoms with Gasteiger partial charge in [-0.1, -0.05) is 41.9 Å². The molecular weight excluding hydrogens is 238 g/mol. The Morgan fingerprint density at radius 1 is 1.14 bits per heavy atom. The lowest BCUT2D eigenvalue weighted by molar-refractivity contribution is 0.496. The first-order valence-corrected chi connectivity index (χ1v) is 5.87. The Labute approximate surface area is 95.0 Å². The largest absolute Gasteiger partial charge is 0.310 e. The van der Waals surface area contributed by atoms with Crippen molar-refractivity contribution in [2.75, 3.05) is 6.54 Å². The van der Waals surface area contributed by atoms with E-state index < -0.39 is 0 Å². The minimum atomic E-state index is 0.436. The summed E-state index contributed by atoms with van der Waals surface area (Å²) in [6.07, 6.45) is 0. The molecule has 0 aliphatic heterocycles. The lowest BCUT2D eigenvalue weighted by Gasteiger charge is -2.15. The molecule has 1 N–H and O–H groups in total. The van der Waals surface area contributed by atoms with Crippen LogP contribution in [0.3, 0.4) is 0 Å². The normalized spacial score (nSPS) is 13.2. The molecule has 0 saturated heterocycles. The molecule has 1 unspecified atom stereocenters. The maximum atomic E-state index is 3.50. The summed E-state index contributed by atoms with van der Waals surface area (Å²) in [4.78, 5) is 0. The zero-order valence-electron chi connectivity index (χ0n) is 9.05. The first-order chi connectivity index (χ1) is 6.59. The van der Waals surface area contributed by atoms with Gasteiger partial charge in [-0.15, -0.1) is 0 Å². The Morgan fingerprint density at radius 3 is 2.21 bits per heavy atom. The van der Waals surface area contributed by atoms with Gasteiger partial charge >= 0.3 is 0 Å². The summed E-state index contributed by atoms with van der Waals surface area (Å²) in [5.41, 5.74) is 1.34. The summed E-state index contributed by atoms with van der Waals surface area (Å²) < 4.78 is 1.14. The first kappa shape index (κ1) is 11.7. The van der Waals surface area contributed by atoms with Crippen molar-refractivity contribution in [3.05, 3.63) is 34.3 Å². The molecule has 14 heavy (non-hydrogen) atoms. The second-order valence-electron chi connectivity index (χ2n) is 4.08. The van der Waals surface area contributed by atoms with E-state index in [0.717, 1.165) is 11.0 Å². The summed E-state index contributed by atoms with van der Waals surface area (Å²) >= 11 is 3.44. The maximum Gasteiger partial charge on any atom is 0.0291 e. The van der Waals surface area contributed by atoms with E-state index in [4.69, 9.17) is 0 Å². The van der Waals surface area contributed by atoms with Gasteiger partial charge in [0.15, 0.2) is 0 Å². The van der Waals surface area contributed by atoms with Gasteiger partial charge in [0.25, 0.3) is 0 Å². The summed E-state index contributed by atoms with van der Waals surface area (Å²) in [5.74, 6) is 0.702. The lowest BCUT2D eigenvalue weighted by atomic mass is 10.1. The SMILES string of the molecule is CC(C)CNC(C)c1ccc(Br)cc1. The van der Waals surface area contributed by atoms with Crippen LogP contribution in [-0.4, -0.2) is 6.54 Å². The van der Waals surface area contributed by atoms with E-state index in [1.54, 1.807) is 0 Å². The molecule has 0 heterocycles. The average Bonchev–Trinajstić information content (AvgIpc) is 2.15. The molecule has 0 aromatic heterocycles. The predicted octanol–water partition coefficient (Wildman–Crippen LogP) is 3.76. The monoisotopic (exact) mass is 255 g/mol. The highest BCUT2D eigenvalue weighted by Gasteiger charge is 2.04. The third-order valence-electron chi connectivity index (χ3n) is 2.20. The van der Waals surface area contributed by atoms with E-state index in [1.165, 1.54) is 5.56 Å². The summed E-state index contributed by atoms with van der Waals surface area (Å²) in [7, 11) is 0. The van der Waals surface area contributed by atoms with Gasteiger partial charge in [0.05, 0.1) is 0 Å². The molecule has 1 atom stereocenters. The highest BCUT2D eigenvalue weighted by atomic mass is 79.9. The number of halogens is 1. The molecule has 0 bridgehead atoms. The van der Waals surface area contributed by atoms with Crippen molar-refractivity contribution in [3.63, 3.8) is 0 Å². The van der Waals surface area contributed by atoms with Crippen molar-refractivity contribution < 1.29 is 0 Å². The van der Waals surface area contributed by atoms with E-state index in [2.05, 4.69) is 66.3 Å². The molecule has 0 aliphatic rings. The molecule has 0 fully saturated rings. The smallest absolute Gasteiger partial charge is 0.0291 e. The van der Waals surface area contributed by atoms with E-state index in [1.807, 2.05) is 0 Å². The van der Waals surface area contributed by atoms with Crippen LogP contribution in [-0.2, 0) is 0 Å².